The maximum absolute atomic E-state index is 13.3. The first-order chi connectivity index (χ1) is 12.9. The summed E-state index contributed by atoms with van der Waals surface area (Å²) in [5, 5.41) is -23.3. The Kier molecular flexibility index (Phi) is 6.92. The highest BCUT2D eigenvalue weighted by molar-refractivity contribution is 8.27. The monoisotopic (exact) mass is 560 g/mol. The topological polar surface area (TPSA) is 85.3 Å². The summed E-state index contributed by atoms with van der Waals surface area (Å²) in [5.74, 6) is 1.03. The maximum atomic E-state index is 13.3. The van der Waals surface area contributed by atoms with E-state index in [4.69, 9.17) is 0 Å². The van der Waals surface area contributed by atoms with Gasteiger partial charge in [-0.1, -0.05) is 0 Å². The first kappa shape index (κ1) is 29.9. The molecule has 0 aromatic heterocycles. The molecule has 0 fully saturated rings. The van der Waals surface area contributed by atoms with Gasteiger partial charge in [-0.2, -0.15) is 65.9 Å². The Balaban J connectivity index is 7.83. The molecule has 31 heavy (non-hydrogen) atoms. The van der Waals surface area contributed by atoms with Gasteiger partial charge in [-0.05, 0) is 5.87 Å². The maximum Gasteiger partial charge on any atom is 0.469 e. The molecule has 0 N–H and O–H groups in total. The summed E-state index contributed by atoms with van der Waals surface area (Å²) in [6.07, 6.45) is -22.9. The van der Waals surface area contributed by atoms with Crippen LogP contribution in [0.4, 0.5) is 65.9 Å². The van der Waals surface area contributed by atoms with Crippen molar-refractivity contribution in [2.75, 3.05) is 0 Å². The van der Waals surface area contributed by atoms with Crippen LogP contribution in [0.3, 0.4) is 0 Å². The van der Waals surface area contributed by atoms with Gasteiger partial charge in [0.05, 0.1) is 9.52 Å². The number of rotatable bonds is 6. The molecule has 1 atom stereocenters. The molecule has 0 aliphatic rings. The molecule has 0 bridgehead atoms. The third-order valence-electron chi connectivity index (χ3n) is 2.96. The minimum absolute atomic E-state index is 1.03. The zero-order chi connectivity index (χ0) is 26.1. The average Bonchev–Trinajstić information content (AvgIpc) is 2.41. The van der Waals surface area contributed by atoms with Crippen molar-refractivity contribution in [1.82, 2.24) is 0 Å². The predicted octanol–water partition coefficient (Wildman–Crippen LogP) is 3.28. The fourth-order valence-corrected chi connectivity index (χ4v) is 10.0. The van der Waals surface area contributed by atoms with E-state index in [2.05, 4.69) is 0 Å². The van der Waals surface area contributed by atoms with Crippen molar-refractivity contribution in [2.45, 2.75) is 38.2 Å². The van der Waals surface area contributed by atoms with E-state index >= 15 is 0 Å². The summed E-state index contributed by atoms with van der Waals surface area (Å²) in [6, 6.07) is 0. The molecule has 188 valence electrons. The van der Waals surface area contributed by atoms with E-state index in [0.29, 0.717) is 0 Å². The van der Waals surface area contributed by atoms with Gasteiger partial charge in [0.1, 0.15) is 0 Å². The highest BCUT2D eigenvalue weighted by atomic mass is 32.3. The Morgan fingerprint density at radius 1 is 0.452 bits per heavy atom. The van der Waals surface area contributed by atoms with E-state index in [0.717, 1.165) is 5.87 Å². The summed E-state index contributed by atoms with van der Waals surface area (Å²) in [7, 11) is -26.0. The lowest BCUT2D eigenvalue weighted by molar-refractivity contribution is -0.243. The van der Waals surface area contributed by atoms with Gasteiger partial charge in [-0.15, -0.1) is 0 Å². The summed E-state index contributed by atoms with van der Waals surface area (Å²) >= 11 is 0. The molecule has 0 aromatic carbocycles. The Labute approximate surface area is 161 Å². The molecular formula is C8H3F15O5S3. The highest BCUT2D eigenvalue weighted by Crippen LogP contribution is 2.52. The van der Waals surface area contributed by atoms with Crippen molar-refractivity contribution in [3.8, 4) is 0 Å². The zero-order valence-electron chi connectivity index (χ0n) is 13.2. The van der Waals surface area contributed by atoms with Crippen LogP contribution in [0.5, 0.6) is 0 Å². The molecule has 23 heteroatoms. The number of alkyl halides is 15. The van der Waals surface area contributed by atoms with Crippen LogP contribution < -0.4 is 0 Å². The van der Waals surface area contributed by atoms with Crippen molar-refractivity contribution in [2.24, 2.45) is 0 Å². The quantitative estimate of drug-likeness (QED) is 0.368. The van der Waals surface area contributed by atoms with Gasteiger partial charge in [0.2, 0.25) is 3.91 Å². The van der Waals surface area contributed by atoms with Crippen LogP contribution >= 0.6 is 0 Å². The van der Waals surface area contributed by atoms with Crippen molar-refractivity contribution in [1.29, 1.82) is 0 Å². The molecule has 0 radical (unpaired) electrons. The summed E-state index contributed by atoms with van der Waals surface area (Å²) < 4.78 is 241. The molecule has 0 heterocycles. The number of hydrogen-bond acceptors (Lipinski definition) is 5. The second kappa shape index (κ2) is 7.18. The molecular weight excluding hydrogens is 557 g/mol. The van der Waals surface area contributed by atoms with E-state index in [1.807, 2.05) is 0 Å². The molecule has 0 amide bonds. The van der Waals surface area contributed by atoms with Crippen LogP contribution in [-0.2, 0) is 29.2 Å². The van der Waals surface area contributed by atoms with E-state index in [1.54, 1.807) is 0 Å². The van der Waals surface area contributed by atoms with Gasteiger partial charge in [-0.3, -0.25) is 4.21 Å². The van der Waals surface area contributed by atoms with Crippen molar-refractivity contribution >= 4 is 35.1 Å². The predicted molar refractivity (Wildman–Crippen MR) is 69.9 cm³/mol. The van der Waals surface area contributed by atoms with Crippen molar-refractivity contribution < 1.29 is 86.9 Å². The van der Waals surface area contributed by atoms with Crippen LogP contribution in [0.25, 0.3) is 0 Å². The second-order valence-corrected chi connectivity index (χ2v) is 12.6. The first-order valence-electron chi connectivity index (χ1n) is 6.03. The number of halogens is 15. The summed E-state index contributed by atoms with van der Waals surface area (Å²) in [5.41, 5.74) is 0. The molecule has 0 saturated heterocycles. The largest absolute Gasteiger partial charge is 0.469 e. The SMILES string of the molecule is C=S(=O)(C(S(=O)(=O)C(F)(F)C(F)(F)F)S(=O)(=O)C(F)(F)C(F)(F)F)C(F)(F)C(F)(F)F. The lowest BCUT2D eigenvalue weighted by Crippen LogP contribution is -2.62. The molecule has 5 nitrogen and oxygen atoms in total. The Morgan fingerprint density at radius 2 is 0.645 bits per heavy atom. The second-order valence-electron chi connectivity index (χ2n) is 5.15. The Bertz CT molecular complexity index is 877. The van der Waals surface area contributed by atoms with Gasteiger partial charge >= 0.3 is 34.3 Å². The molecule has 0 saturated carbocycles. The van der Waals surface area contributed by atoms with Gasteiger partial charge < -0.3 is 0 Å². The van der Waals surface area contributed by atoms with Gasteiger partial charge in [-0.25, -0.2) is 16.8 Å². The molecule has 1 unspecified atom stereocenters. The molecule has 0 aliphatic carbocycles. The fourth-order valence-electron chi connectivity index (χ4n) is 1.46. The van der Waals surface area contributed by atoms with Gasteiger partial charge in [0, 0.05) is 0 Å². The highest BCUT2D eigenvalue weighted by Gasteiger charge is 2.81. The first-order valence-corrected chi connectivity index (χ1v) is 10.9. The Hall–Kier alpha value is -1.13. The van der Waals surface area contributed by atoms with Gasteiger partial charge in [0.15, 0.2) is 0 Å². The van der Waals surface area contributed by atoms with Crippen LogP contribution in [0.2, 0.25) is 0 Å². The third kappa shape index (κ3) is 4.15. The van der Waals surface area contributed by atoms with Crippen LogP contribution in [0.15, 0.2) is 0 Å². The van der Waals surface area contributed by atoms with E-state index in [9.17, 15) is 86.9 Å². The van der Waals surface area contributed by atoms with E-state index < -0.39 is 67.4 Å². The lowest BCUT2D eigenvalue weighted by atomic mass is 10.7. The zero-order valence-corrected chi connectivity index (χ0v) is 15.7. The van der Waals surface area contributed by atoms with Gasteiger partial charge in [0.25, 0.3) is 19.7 Å². The van der Waals surface area contributed by atoms with E-state index in [-0.39, 0.29) is 0 Å². The standard InChI is InChI=1S/C8H3F15O5S3/c1-29(24,6(18,19)3(9,10)11)2(30(25,26)7(20,21)4(12,13)14)31(27,28)8(22,23)5(15,16)17/h2H,1H2. The fraction of sp³-hybridized carbons (Fsp3) is 0.875. The summed E-state index contributed by atoms with van der Waals surface area (Å²) in [4.78, 5) is 0. The van der Waals surface area contributed by atoms with Crippen LogP contribution in [-0.4, -0.2) is 65.1 Å². The minimum Gasteiger partial charge on any atom is -0.260 e. The summed E-state index contributed by atoms with van der Waals surface area (Å²) in [6.45, 7) is 0. The molecule has 0 aliphatic heterocycles. The molecule has 0 aromatic rings. The van der Waals surface area contributed by atoms with Crippen LogP contribution in [0, 0.1) is 0 Å². The number of hydrogen-bond donors (Lipinski definition) is 0. The smallest absolute Gasteiger partial charge is 0.260 e. The lowest BCUT2D eigenvalue weighted by Gasteiger charge is -2.33. The normalized spacial score (nSPS) is 18.2. The van der Waals surface area contributed by atoms with E-state index in [1.165, 1.54) is 0 Å². The number of sulfone groups is 2. The minimum atomic E-state index is -8.90. The van der Waals surface area contributed by atoms with Crippen molar-refractivity contribution in [3.63, 3.8) is 0 Å². The Morgan fingerprint density at radius 3 is 0.806 bits per heavy atom. The van der Waals surface area contributed by atoms with Crippen LogP contribution in [0.1, 0.15) is 0 Å². The molecule has 0 rings (SSSR count). The molecule has 0 spiro atoms. The van der Waals surface area contributed by atoms with Crippen molar-refractivity contribution in [3.05, 3.63) is 0 Å². The third-order valence-corrected chi connectivity index (χ3v) is 12.5. The average molecular weight is 560 g/mol.